The number of anilines is 1. The Labute approximate surface area is 127 Å². The highest BCUT2D eigenvalue weighted by molar-refractivity contribution is 7.89. The molecule has 5 nitrogen and oxygen atoms in total. The molecular weight excluding hydrogens is 288 g/mol. The number of nitrogens with two attached hydrogens (primary N) is 1. The Morgan fingerprint density at radius 1 is 1.38 bits per heavy atom. The van der Waals surface area contributed by atoms with Crippen LogP contribution < -0.4 is 5.73 Å². The molecular formula is C15H24N2O3S. The predicted octanol–water partition coefficient (Wildman–Crippen LogP) is 1.93. The Bertz CT molecular complexity index is 608. The first-order valence-electron chi connectivity index (χ1n) is 7.31. The van der Waals surface area contributed by atoms with Crippen LogP contribution in [-0.4, -0.2) is 39.0 Å². The van der Waals surface area contributed by atoms with E-state index in [1.54, 1.807) is 6.07 Å². The molecule has 0 amide bonds. The van der Waals surface area contributed by atoms with Crippen molar-refractivity contribution in [2.75, 3.05) is 32.0 Å². The first-order valence-corrected chi connectivity index (χ1v) is 8.75. The molecule has 118 valence electrons. The highest BCUT2D eigenvalue weighted by atomic mass is 32.2. The highest BCUT2D eigenvalue weighted by Gasteiger charge is 2.30. The van der Waals surface area contributed by atoms with Gasteiger partial charge in [0.1, 0.15) is 4.90 Å². The Morgan fingerprint density at radius 3 is 2.67 bits per heavy atom. The molecule has 1 atom stereocenters. The van der Waals surface area contributed by atoms with Crippen molar-refractivity contribution < 1.29 is 13.2 Å². The first kappa shape index (κ1) is 16.3. The summed E-state index contributed by atoms with van der Waals surface area (Å²) in [7, 11) is -3.57. The van der Waals surface area contributed by atoms with Gasteiger partial charge in [-0.15, -0.1) is 0 Å². The number of rotatable bonds is 5. The van der Waals surface area contributed by atoms with Gasteiger partial charge in [-0.2, -0.15) is 4.31 Å². The van der Waals surface area contributed by atoms with E-state index in [9.17, 15) is 8.42 Å². The molecule has 0 radical (unpaired) electrons. The van der Waals surface area contributed by atoms with Crippen LogP contribution in [0.15, 0.2) is 17.0 Å². The Kier molecular flexibility index (Phi) is 4.91. The lowest BCUT2D eigenvalue weighted by molar-refractivity contribution is 0.181. The molecule has 1 unspecified atom stereocenters. The van der Waals surface area contributed by atoms with E-state index in [4.69, 9.17) is 10.5 Å². The standard InChI is InChI=1S/C15H24N2O3S/c1-4-17(9-13-7-8-20-10-13)21(18,19)15-12(3)11(2)5-6-14(15)16/h5-6,13H,4,7-10,16H2,1-3H3. The fraction of sp³-hybridized carbons (Fsp3) is 0.600. The fourth-order valence-corrected chi connectivity index (χ4v) is 4.61. The summed E-state index contributed by atoms with van der Waals surface area (Å²) >= 11 is 0. The molecule has 0 bridgehead atoms. The largest absolute Gasteiger partial charge is 0.398 e. The molecule has 2 rings (SSSR count). The third-order valence-electron chi connectivity index (χ3n) is 4.14. The second kappa shape index (κ2) is 6.34. The van der Waals surface area contributed by atoms with Gasteiger partial charge in [0.25, 0.3) is 0 Å². The summed E-state index contributed by atoms with van der Waals surface area (Å²) in [4.78, 5) is 0.253. The number of aryl methyl sites for hydroxylation is 1. The van der Waals surface area contributed by atoms with Gasteiger partial charge in [0.2, 0.25) is 10.0 Å². The molecule has 0 aromatic heterocycles. The van der Waals surface area contributed by atoms with Crippen LogP contribution in [0.5, 0.6) is 0 Å². The molecule has 1 aliphatic rings. The molecule has 1 aromatic rings. The van der Waals surface area contributed by atoms with E-state index in [0.717, 1.165) is 17.5 Å². The minimum Gasteiger partial charge on any atom is -0.398 e. The van der Waals surface area contributed by atoms with Gasteiger partial charge in [-0.1, -0.05) is 13.0 Å². The molecule has 0 saturated carbocycles. The molecule has 0 aliphatic carbocycles. The number of sulfonamides is 1. The zero-order chi connectivity index (χ0) is 15.6. The molecule has 6 heteroatoms. The van der Waals surface area contributed by atoms with Gasteiger partial charge >= 0.3 is 0 Å². The van der Waals surface area contributed by atoms with Gasteiger partial charge < -0.3 is 10.5 Å². The molecule has 1 aliphatic heterocycles. The van der Waals surface area contributed by atoms with Gasteiger partial charge in [0.15, 0.2) is 0 Å². The number of benzene rings is 1. The average Bonchev–Trinajstić information content (AvgIpc) is 2.93. The predicted molar refractivity (Wildman–Crippen MR) is 83.7 cm³/mol. The van der Waals surface area contributed by atoms with Gasteiger partial charge in [-0.05, 0) is 43.4 Å². The summed E-state index contributed by atoms with van der Waals surface area (Å²) in [6, 6.07) is 3.52. The summed E-state index contributed by atoms with van der Waals surface area (Å²) in [5.41, 5.74) is 7.93. The van der Waals surface area contributed by atoms with Crippen molar-refractivity contribution in [3.63, 3.8) is 0 Å². The van der Waals surface area contributed by atoms with Gasteiger partial charge in [-0.3, -0.25) is 0 Å². The van der Waals surface area contributed by atoms with Gasteiger partial charge in [0, 0.05) is 19.7 Å². The maximum Gasteiger partial charge on any atom is 0.245 e. The van der Waals surface area contributed by atoms with Gasteiger partial charge in [0.05, 0.1) is 12.3 Å². The summed E-state index contributed by atoms with van der Waals surface area (Å²) < 4.78 is 32.8. The zero-order valence-corrected chi connectivity index (χ0v) is 13.7. The zero-order valence-electron chi connectivity index (χ0n) is 12.9. The molecule has 21 heavy (non-hydrogen) atoms. The van der Waals surface area contributed by atoms with Crippen molar-refractivity contribution in [3.05, 3.63) is 23.3 Å². The number of hydrogen-bond donors (Lipinski definition) is 1. The van der Waals surface area contributed by atoms with Crippen molar-refractivity contribution in [2.24, 2.45) is 5.92 Å². The van der Waals surface area contributed by atoms with Crippen LogP contribution in [0.3, 0.4) is 0 Å². The Hall–Kier alpha value is -1.11. The summed E-state index contributed by atoms with van der Waals surface area (Å²) in [6.45, 7) is 7.84. The van der Waals surface area contributed by atoms with Crippen LogP contribution in [-0.2, 0) is 14.8 Å². The third-order valence-corrected chi connectivity index (χ3v) is 6.29. The maximum atomic E-state index is 13.0. The van der Waals surface area contributed by atoms with E-state index in [1.165, 1.54) is 4.31 Å². The summed E-state index contributed by atoms with van der Waals surface area (Å²) in [5.74, 6) is 0.270. The van der Waals surface area contributed by atoms with Crippen molar-refractivity contribution in [2.45, 2.75) is 32.1 Å². The van der Waals surface area contributed by atoms with Crippen molar-refractivity contribution in [1.29, 1.82) is 0 Å². The SMILES string of the molecule is CCN(CC1CCOC1)S(=O)(=O)c1c(N)ccc(C)c1C. The third kappa shape index (κ3) is 3.22. The van der Waals surface area contributed by atoms with E-state index in [-0.39, 0.29) is 10.8 Å². The number of nitrogen functional groups attached to an aromatic ring is 1. The van der Waals surface area contributed by atoms with Crippen LogP contribution in [0.2, 0.25) is 0 Å². The van der Waals surface area contributed by atoms with Crippen molar-refractivity contribution in [3.8, 4) is 0 Å². The van der Waals surface area contributed by atoms with Crippen LogP contribution in [0.4, 0.5) is 5.69 Å². The normalized spacial score (nSPS) is 19.3. The fourth-order valence-electron chi connectivity index (χ4n) is 2.70. The molecule has 1 aromatic carbocycles. The van der Waals surface area contributed by atoms with Gasteiger partial charge in [-0.25, -0.2) is 8.42 Å². The van der Waals surface area contributed by atoms with Crippen LogP contribution >= 0.6 is 0 Å². The number of hydrogen-bond acceptors (Lipinski definition) is 4. The lowest BCUT2D eigenvalue weighted by Crippen LogP contribution is -2.36. The smallest absolute Gasteiger partial charge is 0.245 e. The maximum absolute atomic E-state index is 13.0. The van der Waals surface area contributed by atoms with E-state index >= 15 is 0 Å². The summed E-state index contributed by atoms with van der Waals surface area (Å²) in [5, 5.41) is 0. The second-order valence-corrected chi connectivity index (χ2v) is 7.49. The minimum atomic E-state index is -3.57. The van der Waals surface area contributed by atoms with Crippen LogP contribution in [0.25, 0.3) is 0 Å². The van der Waals surface area contributed by atoms with E-state index in [1.807, 2.05) is 26.8 Å². The Balaban J connectivity index is 2.37. The minimum absolute atomic E-state index is 0.253. The van der Waals surface area contributed by atoms with E-state index in [2.05, 4.69) is 0 Å². The topological polar surface area (TPSA) is 72.6 Å². The van der Waals surface area contributed by atoms with Crippen LogP contribution in [0.1, 0.15) is 24.5 Å². The first-order chi connectivity index (χ1) is 9.87. The van der Waals surface area contributed by atoms with Crippen molar-refractivity contribution >= 4 is 15.7 Å². The van der Waals surface area contributed by atoms with Crippen molar-refractivity contribution in [1.82, 2.24) is 4.31 Å². The lowest BCUT2D eigenvalue weighted by atomic mass is 10.1. The van der Waals surface area contributed by atoms with E-state index < -0.39 is 10.0 Å². The van der Waals surface area contributed by atoms with E-state index in [0.29, 0.717) is 32.0 Å². The second-order valence-electron chi connectivity index (χ2n) is 5.61. The Morgan fingerprint density at radius 2 is 2.10 bits per heavy atom. The quantitative estimate of drug-likeness (QED) is 0.843. The highest BCUT2D eigenvalue weighted by Crippen LogP contribution is 2.29. The molecule has 1 saturated heterocycles. The monoisotopic (exact) mass is 312 g/mol. The lowest BCUT2D eigenvalue weighted by Gasteiger charge is -2.25. The molecule has 2 N–H and O–H groups in total. The molecule has 0 spiro atoms. The van der Waals surface area contributed by atoms with Crippen LogP contribution in [0, 0.1) is 19.8 Å². The summed E-state index contributed by atoms with van der Waals surface area (Å²) in [6.07, 6.45) is 0.911. The average molecular weight is 312 g/mol. The molecule has 1 heterocycles. The number of ether oxygens (including phenoxy) is 1. The number of nitrogens with zero attached hydrogens (tertiary/aromatic N) is 1. The molecule has 1 fully saturated rings.